The molecule has 0 spiro atoms. The van der Waals surface area contributed by atoms with E-state index in [0.717, 1.165) is 51.2 Å². The normalized spacial score (nSPS) is 21.3. The van der Waals surface area contributed by atoms with Crippen molar-refractivity contribution in [3.05, 3.63) is 53.6 Å². The van der Waals surface area contributed by atoms with E-state index >= 15 is 0 Å². The summed E-state index contributed by atoms with van der Waals surface area (Å²) in [5.41, 5.74) is 1.52. The molecule has 230 valence electrons. The van der Waals surface area contributed by atoms with Gasteiger partial charge >= 0.3 is 0 Å². The quantitative estimate of drug-likeness (QED) is 0.215. The first kappa shape index (κ1) is 32.0. The molecule has 0 radical (unpaired) electrons. The number of hydrogen-bond acceptors (Lipinski definition) is 6. The third-order valence-corrected chi connectivity index (χ3v) is 8.59. The number of benzene rings is 1. The van der Waals surface area contributed by atoms with Gasteiger partial charge in [-0.3, -0.25) is 19.7 Å². The second kappa shape index (κ2) is 14.5. The molecule has 1 atom stereocenters. The van der Waals surface area contributed by atoms with Crippen LogP contribution in [0.5, 0.6) is 5.75 Å². The molecule has 2 heterocycles. The van der Waals surface area contributed by atoms with Gasteiger partial charge < -0.3 is 24.5 Å². The number of carbonyl (C=O) groups is 3. The minimum absolute atomic E-state index is 0.0126. The zero-order valence-corrected chi connectivity index (χ0v) is 25.9. The van der Waals surface area contributed by atoms with Gasteiger partial charge in [0.2, 0.25) is 17.8 Å². The number of likely N-dealkylation sites (tertiary alicyclic amines) is 1. The molecule has 1 saturated heterocycles. The van der Waals surface area contributed by atoms with Crippen molar-refractivity contribution in [3.63, 3.8) is 0 Å². The Morgan fingerprint density at radius 3 is 2.58 bits per heavy atom. The summed E-state index contributed by atoms with van der Waals surface area (Å²) in [4.78, 5) is 46.0. The van der Waals surface area contributed by atoms with Crippen LogP contribution in [0.4, 0.5) is 5.95 Å². The average Bonchev–Trinajstić information content (AvgIpc) is 3.17. The average molecular weight is 609 g/mol. The predicted molar refractivity (Wildman–Crippen MR) is 170 cm³/mol. The van der Waals surface area contributed by atoms with Crippen LogP contribution in [0, 0.1) is 5.41 Å². The number of aromatic nitrogens is 2. The van der Waals surface area contributed by atoms with E-state index in [2.05, 4.69) is 11.9 Å². The molecule has 1 aliphatic carbocycles. The first-order valence-electron chi connectivity index (χ1n) is 14.8. The maximum atomic E-state index is 13.3. The van der Waals surface area contributed by atoms with Gasteiger partial charge in [0.25, 0.3) is 5.91 Å². The Labute approximate surface area is 257 Å². The number of carbonyl (C=O) groups excluding carboxylic acids is 3. The summed E-state index contributed by atoms with van der Waals surface area (Å²) >= 11 is 6.94. The van der Waals surface area contributed by atoms with Crippen molar-refractivity contribution in [2.75, 3.05) is 25.5 Å². The van der Waals surface area contributed by atoms with Crippen LogP contribution in [0.25, 0.3) is 11.0 Å². The number of allylic oxidation sites excluding steroid dienone is 2. The Hall–Kier alpha value is -3.92. The molecular weight excluding hydrogens is 568 g/mol. The summed E-state index contributed by atoms with van der Waals surface area (Å²) < 4.78 is 8.29. The van der Waals surface area contributed by atoms with Crippen LogP contribution in [-0.2, 0) is 14.4 Å². The number of amides is 3. The van der Waals surface area contributed by atoms with Crippen LogP contribution < -0.4 is 10.1 Å². The first-order valence-corrected chi connectivity index (χ1v) is 15.2. The van der Waals surface area contributed by atoms with Gasteiger partial charge in [0.05, 0.1) is 28.2 Å². The lowest BCUT2D eigenvalue weighted by Crippen LogP contribution is -2.40. The Morgan fingerprint density at radius 2 is 1.93 bits per heavy atom. The Kier molecular flexibility index (Phi) is 10.8. The molecule has 43 heavy (non-hydrogen) atoms. The minimum atomic E-state index is -0.411. The molecular formula is C32H41ClN6O4. The maximum Gasteiger partial charge on any atom is 0.258 e. The Bertz CT molecular complexity index is 1440. The molecule has 2 N–H and O–H groups in total. The molecule has 2 fully saturated rings. The van der Waals surface area contributed by atoms with Crippen LogP contribution in [0.2, 0.25) is 5.02 Å². The smallest absolute Gasteiger partial charge is 0.258 e. The molecule has 2 aromatic rings. The van der Waals surface area contributed by atoms with Crippen molar-refractivity contribution >= 4 is 52.5 Å². The van der Waals surface area contributed by atoms with Gasteiger partial charge in [-0.1, -0.05) is 30.3 Å². The number of nitrogens with one attached hydrogen (secondary N) is 2. The fourth-order valence-electron chi connectivity index (χ4n) is 5.98. The van der Waals surface area contributed by atoms with Gasteiger partial charge in [0.15, 0.2) is 0 Å². The standard InChI is InChI=1S/C32H41ClN6O4/c1-5-9-22(15-16-34)31(42)36-32-35-28-19-26(43-25-13-11-23(12-14-25)37(4)21(3)40)18-27(33)30(28)39(32)24-10-7-8-17-38(20-24)29(41)6-2/h5-6,9,15-16,18-19,23-25,34H,2,7-8,10-14,17,20H2,1,3-4H3,(H,35,36,42)/b9-5+,22-15+,34-16?/t23-,24-,25-/m1/s1. The zero-order valence-electron chi connectivity index (χ0n) is 25.1. The number of anilines is 1. The van der Waals surface area contributed by atoms with E-state index in [-0.39, 0.29) is 30.0 Å². The fourth-order valence-corrected chi connectivity index (χ4v) is 6.27. The Morgan fingerprint density at radius 1 is 1.19 bits per heavy atom. The number of halogens is 1. The molecule has 0 bridgehead atoms. The predicted octanol–water partition coefficient (Wildman–Crippen LogP) is 5.69. The van der Waals surface area contributed by atoms with Crippen molar-refractivity contribution in [3.8, 4) is 5.75 Å². The first-order chi connectivity index (χ1) is 20.7. The number of nitrogens with zero attached hydrogens (tertiary/aromatic N) is 4. The van der Waals surface area contributed by atoms with E-state index in [1.165, 1.54) is 12.2 Å². The molecule has 1 aliphatic heterocycles. The van der Waals surface area contributed by atoms with Crippen molar-refractivity contribution < 1.29 is 19.1 Å². The molecule has 1 aromatic carbocycles. The van der Waals surface area contributed by atoms with Crippen LogP contribution in [-0.4, -0.2) is 75.6 Å². The number of rotatable bonds is 9. The van der Waals surface area contributed by atoms with E-state index in [0.29, 0.717) is 46.4 Å². The highest BCUT2D eigenvalue weighted by Crippen LogP contribution is 2.37. The van der Waals surface area contributed by atoms with Crippen molar-refractivity contribution in [1.29, 1.82) is 5.41 Å². The van der Waals surface area contributed by atoms with Crippen LogP contribution in [0.15, 0.2) is 48.6 Å². The summed E-state index contributed by atoms with van der Waals surface area (Å²) in [7, 11) is 1.85. The largest absolute Gasteiger partial charge is 0.490 e. The van der Waals surface area contributed by atoms with Crippen LogP contribution in [0.3, 0.4) is 0 Å². The third-order valence-electron chi connectivity index (χ3n) is 8.30. The van der Waals surface area contributed by atoms with E-state index < -0.39 is 5.91 Å². The van der Waals surface area contributed by atoms with Crippen molar-refractivity contribution in [2.24, 2.45) is 0 Å². The summed E-state index contributed by atoms with van der Waals surface area (Å²) in [6.45, 7) is 8.09. The summed E-state index contributed by atoms with van der Waals surface area (Å²) in [6, 6.07) is 3.64. The molecule has 3 amide bonds. The monoisotopic (exact) mass is 608 g/mol. The molecule has 1 aromatic heterocycles. The summed E-state index contributed by atoms with van der Waals surface area (Å²) in [5, 5.41) is 10.8. The second-order valence-electron chi connectivity index (χ2n) is 11.1. The highest BCUT2D eigenvalue weighted by Gasteiger charge is 2.29. The Balaban J connectivity index is 1.69. The zero-order chi connectivity index (χ0) is 31.1. The number of fused-ring (bicyclic) bond motifs is 1. The molecule has 4 rings (SSSR count). The SMILES string of the molecule is C=CC(=O)N1CCCC[C@@H](n2c(NC(=O)C(/C=C/C)=C/C=N)nc3cc(O[C@H]4CC[C@H](N(C)C(C)=O)CC4)cc(Cl)c32)C1. The van der Waals surface area contributed by atoms with Gasteiger partial charge in [-0.15, -0.1) is 0 Å². The summed E-state index contributed by atoms with van der Waals surface area (Å²) in [6.07, 6.45) is 13.0. The number of ether oxygens (including phenoxy) is 1. The second-order valence-corrected chi connectivity index (χ2v) is 11.5. The fraction of sp³-hybridized carbons (Fsp3) is 0.469. The van der Waals surface area contributed by atoms with Gasteiger partial charge in [0, 0.05) is 57.0 Å². The molecule has 11 heteroatoms. The highest BCUT2D eigenvalue weighted by atomic mass is 35.5. The van der Waals surface area contributed by atoms with Gasteiger partial charge in [-0.25, -0.2) is 4.98 Å². The molecule has 2 aliphatic rings. The third kappa shape index (κ3) is 7.54. The number of hydrogen-bond donors (Lipinski definition) is 2. The van der Waals surface area contributed by atoms with E-state index in [1.54, 1.807) is 41.9 Å². The van der Waals surface area contributed by atoms with E-state index in [4.69, 9.17) is 26.7 Å². The summed E-state index contributed by atoms with van der Waals surface area (Å²) in [5.74, 6) is 0.413. The van der Waals surface area contributed by atoms with Gasteiger partial charge in [-0.05, 0) is 64.0 Å². The van der Waals surface area contributed by atoms with E-state index in [9.17, 15) is 14.4 Å². The lowest BCUT2D eigenvalue weighted by molar-refractivity contribution is -0.130. The lowest BCUT2D eigenvalue weighted by atomic mass is 9.92. The van der Waals surface area contributed by atoms with Crippen LogP contribution in [0.1, 0.15) is 64.8 Å². The van der Waals surface area contributed by atoms with E-state index in [1.807, 2.05) is 17.7 Å². The maximum absolute atomic E-state index is 13.3. The lowest BCUT2D eigenvalue weighted by Gasteiger charge is -2.34. The van der Waals surface area contributed by atoms with Crippen LogP contribution >= 0.6 is 11.6 Å². The highest BCUT2D eigenvalue weighted by molar-refractivity contribution is 6.35. The molecule has 1 saturated carbocycles. The van der Waals surface area contributed by atoms with Gasteiger partial charge in [0.1, 0.15) is 5.75 Å². The van der Waals surface area contributed by atoms with Gasteiger partial charge in [-0.2, -0.15) is 0 Å². The van der Waals surface area contributed by atoms with Crippen molar-refractivity contribution in [2.45, 2.75) is 77.0 Å². The number of imidazole rings is 1. The van der Waals surface area contributed by atoms with Crippen molar-refractivity contribution in [1.82, 2.24) is 19.4 Å². The molecule has 0 unspecified atom stereocenters. The minimum Gasteiger partial charge on any atom is -0.490 e. The molecule has 10 nitrogen and oxygen atoms in total. The topological polar surface area (TPSA) is 121 Å².